The van der Waals surface area contributed by atoms with E-state index in [9.17, 15) is 48.6 Å². The zero-order chi connectivity index (χ0) is 46.1. The number of ketones is 2. The van der Waals surface area contributed by atoms with Crippen LogP contribution >= 0.6 is 0 Å². The van der Waals surface area contributed by atoms with Gasteiger partial charge in [-0.05, 0) is 89.4 Å². The van der Waals surface area contributed by atoms with Crippen LogP contribution in [0.2, 0.25) is 0 Å². The van der Waals surface area contributed by atoms with Crippen molar-refractivity contribution in [1.82, 2.24) is 36.2 Å². The van der Waals surface area contributed by atoms with Gasteiger partial charge in [0.15, 0.2) is 5.78 Å². The summed E-state index contributed by atoms with van der Waals surface area (Å²) in [6.45, 7) is 4.39. The number of hydrogen-bond donors (Lipinski definition) is 8. The Morgan fingerprint density at radius 2 is 0.896 bits per heavy atom. The van der Waals surface area contributed by atoms with Gasteiger partial charge in [0.05, 0.1) is 48.9 Å². The summed E-state index contributed by atoms with van der Waals surface area (Å²) in [5.74, 6) is -0.0644. The topological polar surface area (TPSA) is 328 Å². The monoisotopic (exact) mass is 1680 g/mol. The fourth-order valence-corrected chi connectivity index (χ4v) is 9.84. The van der Waals surface area contributed by atoms with Crippen molar-refractivity contribution < 1.29 is 73.0 Å². The molecule has 6 saturated heterocycles. The van der Waals surface area contributed by atoms with Gasteiger partial charge in [0.1, 0.15) is 30.5 Å². The third-order valence-corrected chi connectivity index (χ3v) is 13.4. The molecular formula is C40H59Fm3N9O15. The van der Waals surface area contributed by atoms with Gasteiger partial charge >= 0.3 is 36.3 Å². The Morgan fingerprint density at radius 1 is 0.537 bits per heavy atom. The molecule has 0 bridgehead atoms. The molecule has 6 atom stereocenters. The van der Waals surface area contributed by atoms with Gasteiger partial charge in [-0.2, -0.15) is 10.2 Å². The maximum Gasteiger partial charge on any atom is 0.408 e. The molecule has 390 valence electrons. The van der Waals surface area contributed by atoms with Gasteiger partial charge in [-0.15, -0.1) is 0 Å². The quantitative estimate of drug-likeness (QED) is 0.160. The molecule has 67 heavy (non-hydrogen) atoms. The standard InChI is InChI=1S/C17H26N4O5.C16H24N4O6.C7H9NO4.3Fm/c1-10(22)12-4-2-11(3-5-12)8-18-16(23)20-19-13-9-26-14-6-7-21(15(13)14)17(24)25;21-14(22)10-3-1-9(2-4-10)7-17-15(23)19-18-11-8-26-12-5-6-20(13(11)12)16(24)25;9-4-3-12-5-1-2-8(6(4)5)7(10)11;;;/h11-12,14-15H,2-9H2,1H3,(H,24,25)(H2,18,20,23);9-10,12-13H,1-8H2,(H,21,22)(H,24,25)(H2,17,19,23);5-6H,1-3H2,(H,10,11);;;/b19-13+;18-11+;;;;. The van der Waals surface area contributed by atoms with Crippen molar-refractivity contribution >= 4 is 59.3 Å². The van der Waals surface area contributed by atoms with Crippen LogP contribution in [0.15, 0.2) is 10.2 Å². The summed E-state index contributed by atoms with van der Waals surface area (Å²) in [4.78, 5) is 94.2. The molecule has 8 fully saturated rings. The van der Waals surface area contributed by atoms with E-state index in [4.69, 9.17) is 24.4 Å². The van der Waals surface area contributed by atoms with Gasteiger partial charge in [0.2, 0.25) is 0 Å². The number of nitrogens with zero attached hydrogens (tertiary/aromatic N) is 5. The molecule has 27 heteroatoms. The first-order valence-corrected chi connectivity index (χ1v) is 21.9. The Balaban J connectivity index is 0.000000276. The number of aliphatic carboxylic acids is 1. The van der Waals surface area contributed by atoms with Gasteiger partial charge < -0.3 is 45.3 Å². The van der Waals surface area contributed by atoms with E-state index in [2.05, 4.69) is 31.7 Å². The number of hydrazone groups is 2. The van der Waals surface area contributed by atoms with Gasteiger partial charge in [-0.3, -0.25) is 29.1 Å². The van der Waals surface area contributed by atoms with Crippen molar-refractivity contribution in [1.29, 1.82) is 0 Å². The molecule has 8 N–H and O–H groups in total. The zero-order valence-electron chi connectivity index (χ0n) is 36.6. The van der Waals surface area contributed by atoms with E-state index < -0.39 is 54.4 Å². The molecule has 0 aromatic heterocycles. The Kier molecular flexibility index (Phi) is 18.4. The summed E-state index contributed by atoms with van der Waals surface area (Å²) in [6, 6.07) is -2.23. The fourth-order valence-electron chi connectivity index (χ4n) is 9.84. The third-order valence-electron chi connectivity index (χ3n) is 13.4. The molecule has 0 aromatic carbocycles. The van der Waals surface area contributed by atoms with Crippen LogP contribution in [0, 0.1) is 23.7 Å². The smallest absolute Gasteiger partial charge is 0.408 e. The molecule has 0 aromatic rings. The normalized spacial score (nSPS) is 31.2. The van der Waals surface area contributed by atoms with Crippen LogP contribution in [0.1, 0.15) is 77.6 Å². The molecule has 8 aliphatic rings. The van der Waals surface area contributed by atoms with Crippen molar-refractivity contribution in [2.45, 2.75) is 114 Å². The second-order valence-electron chi connectivity index (χ2n) is 17.4. The van der Waals surface area contributed by atoms with E-state index in [0.29, 0.717) is 82.2 Å². The first-order chi connectivity index (χ1) is 30.6. The van der Waals surface area contributed by atoms with Crippen LogP contribution in [-0.4, -0.2) is 183 Å². The number of carbonyl (C=O) groups excluding carboxylic acids is 4. The van der Waals surface area contributed by atoms with E-state index >= 15 is 0 Å². The van der Waals surface area contributed by atoms with Crippen molar-refractivity contribution in [3.8, 4) is 0 Å². The SMILES string of the molecule is CC(=O)C1CCC(CNC(=O)N/N=C2\COC3CCN(C(=O)O)C23)CC1.O=C(NCC1CCC(C(=O)O)CC1)N/N=C1\COC2CCN(C(=O)O)C12.O=C1COC2CCN(C(=O)O)C12.[Fm].[Fm].[Fm]. The molecule has 2 saturated carbocycles. The van der Waals surface area contributed by atoms with Gasteiger partial charge in [0, 0.05) is 38.6 Å². The minimum absolute atomic E-state index is 0. The Hall–Kier alpha value is -8.62. The number of carbonyl (C=O) groups is 8. The van der Waals surface area contributed by atoms with Gasteiger partial charge in [0.25, 0.3) is 0 Å². The number of carboxylic acids is 1. The molecular weight excluding hydrogens is 1620 g/mol. The number of rotatable bonds is 8. The Bertz CT molecular complexity index is 1750. The minimum atomic E-state index is -1.03. The van der Waals surface area contributed by atoms with E-state index in [0.717, 1.165) is 38.5 Å². The minimum Gasteiger partial charge on any atom is -0.481 e. The molecule has 0 radical (unpaired) electrons. The number of ether oxygens (including phenoxy) is 3. The summed E-state index contributed by atoms with van der Waals surface area (Å²) in [7, 11) is 0. The number of amides is 7. The summed E-state index contributed by atoms with van der Waals surface area (Å²) in [5.41, 5.74) is 5.90. The van der Waals surface area contributed by atoms with E-state index in [1.54, 1.807) is 6.92 Å². The second kappa shape index (κ2) is 23.4. The Morgan fingerprint density at radius 3 is 1.27 bits per heavy atom. The van der Waals surface area contributed by atoms with Gasteiger partial charge in [-0.25, -0.2) is 34.8 Å². The molecule has 2 aliphatic carbocycles. The third kappa shape index (κ3) is 12.8. The average molecular weight is 1680 g/mol. The van der Waals surface area contributed by atoms with Crippen LogP contribution in [0.4, 0.5) is 24.0 Å². The molecule has 0 spiro atoms. The van der Waals surface area contributed by atoms with Crippen molar-refractivity contribution in [3.63, 3.8) is 0 Å². The predicted molar refractivity (Wildman–Crippen MR) is 221 cm³/mol. The number of fused-ring (bicyclic) bond motifs is 3. The van der Waals surface area contributed by atoms with Gasteiger partial charge in [-0.1, -0.05) is 0 Å². The van der Waals surface area contributed by atoms with E-state index in [-0.39, 0.29) is 67.5 Å². The second-order valence-corrected chi connectivity index (χ2v) is 17.4. The summed E-state index contributed by atoms with van der Waals surface area (Å²) >= 11 is 0. The van der Waals surface area contributed by atoms with Crippen molar-refractivity contribution in [2.75, 3.05) is 52.5 Å². The molecule has 8 rings (SSSR count). The first-order valence-electron chi connectivity index (χ1n) is 21.9. The Labute approximate surface area is 368 Å². The number of likely N-dealkylation sites (tertiary alicyclic amines) is 3. The maximum atomic E-state index is 12.0. The maximum absolute atomic E-state index is 12.0. The molecule has 24 nitrogen and oxygen atoms in total. The molecule has 7 amide bonds. The summed E-state index contributed by atoms with van der Waals surface area (Å²) in [5, 5.41) is 49.8. The van der Waals surface area contributed by atoms with Crippen molar-refractivity contribution in [2.24, 2.45) is 33.9 Å². The summed E-state index contributed by atoms with van der Waals surface area (Å²) < 4.78 is 16.2. The number of carboxylic acid groups (broad SMARTS) is 4. The van der Waals surface area contributed by atoms with Crippen LogP contribution in [0.25, 0.3) is 0 Å². The molecule has 6 aliphatic heterocycles. The zero-order valence-corrected chi connectivity index (χ0v) is 43.8. The van der Waals surface area contributed by atoms with Crippen LogP contribution in [-0.2, 0) is 28.6 Å². The number of urea groups is 2. The van der Waals surface area contributed by atoms with E-state index in [1.165, 1.54) is 14.7 Å². The average Bonchev–Trinajstić information content (AvgIpc) is 4.13. The van der Waals surface area contributed by atoms with Crippen LogP contribution < -0.4 is 21.5 Å². The predicted octanol–water partition coefficient (Wildman–Crippen LogP) is 1.58. The van der Waals surface area contributed by atoms with Crippen molar-refractivity contribution in [3.05, 3.63) is 0 Å². The molecule has 6 heterocycles. The molecule has 6 unspecified atom stereocenters. The fraction of sp³-hybridized carbons (Fsp3) is 0.750. The van der Waals surface area contributed by atoms with Crippen LogP contribution in [0.3, 0.4) is 0 Å². The largest absolute Gasteiger partial charge is 0.481 e. The van der Waals surface area contributed by atoms with E-state index in [1.807, 2.05) is 0 Å². The number of hydrogen-bond acceptors (Lipinski definition) is 13. The number of nitrogens with one attached hydrogen (secondary N) is 4. The number of Topliss-reactive ketones (excluding diaryl/α,β-unsaturated/α-hetero) is 2. The van der Waals surface area contributed by atoms with Crippen LogP contribution in [0.5, 0.6) is 0 Å². The first kappa shape index (κ1) is 52.7. The summed E-state index contributed by atoms with van der Waals surface area (Å²) in [6.07, 6.45) is 4.78.